The molecule has 1 saturated heterocycles. The average Bonchev–Trinajstić information content (AvgIpc) is 3.27. The van der Waals surface area contributed by atoms with Crippen LogP contribution < -0.4 is 5.32 Å². The Kier molecular flexibility index (Phi) is 6.57. The van der Waals surface area contributed by atoms with Gasteiger partial charge in [-0.1, -0.05) is 24.3 Å². The summed E-state index contributed by atoms with van der Waals surface area (Å²) in [7, 11) is 1.74. The van der Waals surface area contributed by atoms with E-state index in [1.54, 1.807) is 33.0 Å². The second kappa shape index (κ2) is 8.92. The van der Waals surface area contributed by atoms with Crippen LogP contribution in [0.3, 0.4) is 0 Å². The standard InChI is InChI=1S/C14H20FNO3.C8H7N/c1-7-6-9(4-5-10(7)15)11(16-3)14-13(18)12(17)8(2)19-14;1-2-7-4-5-9-6-8(7)3-1/h4-6,8,11-14,16-18H,1-3H3;1,3-6H,2H2. The number of ether oxygens (including phenoxy) is 1. The summed E-state index contributed by atoms with van der Waals surface area (Å²) in [4.78, 5) is 4.01. The van der Waals surface area contributed by atoms with Crippen LogP contribution >= 0.6 is 0 Å². The zero-order valence-electron chi connectivity index (χ0n) is 16.3. The first-order valence-corrected chi connectivity index (χ1v) is 9.46. The van der Waals surface area contributed by atoms with Gasteiger partial charge in [-0.2, -0.15) is 0 Å². The molecule has 1 aromatic carbocycles. The molecule has 3 N–H and O–H groups in total. The molecule has 0 radical (unpaired) electrons. The predicted octanol–water partition coefficient (Wildman–Crippen LogP) is 2.55. The third kappa shape index (κ3) is 4.31. The molecule has 0 bridgehead atoms. The molecular formula is C22H27FN2O3. The van der Waals surface area contributed by atoms with Crippen molar-refractivity contribution in [3.05, 3.63) is 70.8 Å². The minimum Gasteiger partial charge on any atom is -0.388 e. The summed E-state index contributed by atoms with van der Waals surface area (Å²) in [6.45, 7) is 3.41. The van der Waals surface area contributed by atoms with E-state index >= 15 is 0 Å². The quantitative estimate of drug-likeness (QED) is 0.756. The molecular weight excluding hydrogens is 359 g/mol. The second-order valence-electron chi connectivity index (χ2n) is 7.24. The first-order valence-electron chi connectivity index (χ1n) is 9.46. The Morgan fingerprint density at radius 1 is 1.25 bits per heavy atom. The summed E-state index contributed by atoms with van der Waals surface area (Å²) < 4.78 is 18.9. The van der Waals surface area contributed by atoms with E-state index in [9.17, 15) is 14.6 Å². The highest BCUT2D eigenvalue weighted by molar-refractivity contribution is 5.58. The maximum atomic E-state index is 13.3. The number of aromatic nitrogens is 1. The smallest absolute Gasteiger partial charge is 0.126 e. The number of halogens is 1. The van der Waals surface area contributed by atoms with Gasteiger partial charge in [0.1, 0.15) is 24.1 Å². The molecule has 2 aromatic rings. The minimum atomic E-state index is -0.960. The molecule has 0 spiro atoms. The van der Waals surface area contributed by atoms with E-state index in [0.29, 0.717) is 5.56 Å². The number of pyridine rings is 1. The molecule has 1 aromatic heterocycles. The van der Waals surface area contributed by atoms with Crippen LogP contribution in [0.5, 0.6) is 0 Å². The number of fused-ring (bicyclic) bond motifs is 1. The summed E-state index contributed by atoms with van der Waals surface area (Å²) in [5.41, 5.74) is 4.04. The van der Waals surface area contributed by atoms with Crippen molar-refractivity contribution in [2.24, 2.45) is 0 Å². The van der Waals surface area contributed by atoms with Crippen molar-refractivity contribution in [1.82, 2.24) is 10.3 Å². The van der Waals surface area contributed by atoms with Gasteiger partial charge in [-0.3, -0.25) is 4.98 Å². The summed E-state index contributed by atoms with van der Waals surface area (Å²) >= 11 is 0. The van der Waals surface area contributed by atoms with Crippen LogP contribution in [-0.4, -0.2) is 46.7 Å². The highest BCUT2D eigenvalue weighted by Crippen LogP contribution is 2.31. The van der Waals surface area contributed by atoms with Crippen molar-refractivity contribution in [1.29, 1.82) is 0 Å². The Morgan fingerprint density at radius 2 is 2.04 bits per heavy atom. The van der Waals surface area contributed by atoms with Gasteiger partial charge in [0.2, 0.25) is 0 Å². The normalized spacial score (nSPS) is 26.5. The monoisotopic (exact) mass is 386 g/mol. The Hall–Kier alpha value is -2.12. The van der Waals surface area contributed by atoms with Crippen LogP contribution in [0.1, 0.15) is 35.2 Å². The Balaban J connectivity index is 0.000000206. The molecule has 5 atom stereocenters. The zero-order valence-corrected chi connectivity index (χ0v) is 16.3. The van der Waals surface area contributed by atoms with Crippen LogP contribution in [0, 0.1) is 12.7 Å². The van der Waals surface area contributed by atoms with Gasteiger partial charge in [0.25, 0.3) is 0 Å². The van der Waals surface area contributed by atoms with Crippen LogP contribution in [-0.2, 0) is 11.2 Å². The van der Waals surface area contributed by atoms with E-state index in [1.807, 2.05) is 12.4 Å². The fourth-order valence-corrected chi connectivity index (χ4v) is 3.62. The number of rotatable bonds is 3. The number of aliphatic hydroxyl groups excluding tert-OH is 2. The van der Waals surface area contributed by atoms with Gasteiger partial charge < -0.3 is 20.3 Å². The molecule has 28 heavy (non-hydrogen) atoms. The minimum absolute atomic E-state index is 0.264. The number of aryl methyl sites for hydroxylation is 1. The molecule has 1 aliphatic carbocycles. The van der Waals surface area contributed by atoms with Crippen molar-refractivity contribution >= 4 is 6.08 Å². The topological polar surface area (TPSA) is 74.6 Å². The number of aliphatic hydroxyl groups is 2. The number of allylic oxidation sites excluding steroid dienone is 1. The van der Waals surface area contributed by atoms with Crippen LogP contribution in [0.15, 0.2) is 42.7 Å². The van der Waals surface area contributed by atoms with Crippen molar-refractivity contribution < 1.29 is 19.3 Å². The van der Waals surface area contributed by atoms with Gasteiger partial charge in [0.15, 0.2) is 0 Å². The van der Waals surface area contributed by atoms with Gasteiger partial charge >= 0.3 is 0 Å². The summed E-state index contributed by atoms with van der Waals surface area (Å²) in [6, 6.07) is 6.55. The fraction of sp³-hybridized carbons (Fsp3) is 0.409. The molecule has 2 heterocycles. The molecule has 5 nitrogen and oxygen atoms in total. The second-order valence-corrected chi connectivity index (χ2v) is 7.24. The van der Waals surface area contributed by atoms with Crippen molar-refractivity contribution in [3.8, 4) is 0 Å². The average molecular weight is 386 g/mol. The Bertz CT molecular complexity index is 842. The van der Waals surface area contributed by atoms with Crippen molar-refractivity contribution in [2.75, 3.05) is 7.05 Å². The van der Waals surface area contributed by atoms with Gasteiger partial charge in [-0.05, 0) is 61.7 Å². The molecule has 6 heteroatoms. The first-order chi connectivity index (χ1) is 13.4. The number of hydrogen-bond donors (Lipinski definition) is 3. The van der Waals surface area contributed by atoms with E-state index in [1.165, 1.54) is 17.2 Å². The summed E-state index contributed by atoms with van der Waals surface area (Å²) in [5.74, 6) is -0.264. The predicted molar refractivity (Wildman–Crippen MR) is 106 cm³/mol. The number of nitrogens with one attached hydrogen (secondary N) is 1. The lowest BCUT2D eigenvalue weighted by atomic mass is 9.95. The zero-order chi connectivity index (χ0) is 20.3. The maximum absolute atomic E-state index is 13.3. The van der Waals surface area contributed by atoms with Gasteiger partial charge in [0.05, 0.1) is 12.1 Å². The molecule has 4 rings (SSSR count). The van der Waals surface area contributed by atoms with E-state index in [4.69, 9.17) is 4.74 Å². The van der Waals surface area contributed by atoms with Gasteiger partial charge in [0, 0.05) is 12.4 Å². The highest BCUT2D eigenvalue weighted by atomic mass is 19.1. The van der Waals surface area contributed by atoms with Crippen LogP contribution in [0.2, 0.25) is 0 Å². The largest absolute Gasteiger partial charge is 0.388 e. The molecule has 150 valence electrons. The number of benzene rings is 1. The van der Waals surface area contributed by atoms with Crippen molar-refractivity contribution in [3.63, 3.8) is 0 Å². The summed E-state index contributed by atoms with van der Waals surface area (Å²) in [5, 5.41) is 22.8. The number of likely N-dealkylation sites (N-methyl/N-ethyl adjacent to an activating group) is 1. The van der Waals surface area contributed by atoms with Crippen LogP contribution in [0.4, 0.5) is 4.39 Å². The number of nitrogens with zero attached hydrogens (tertiary/aromatic N) is 1. The fourth-order valence-electron chi connectivity index (χ4n) is 3.62. The van der Waals surface area contributed by atoms with Crippen molar-refractivity contribution in [2.45, 2.75) is 50.7 Å². The van der Waals surface area contributed by atoms with E-state index < -0.39 is 24.4 Å². The Labute approximate surface area is 164 Å². The molecule has 5 unspecified atom stereocenters. The highest BCUT2D eigenvalue weighted by Gasteiger charge is 2.44. The van der Waals surface area contributed by atoms with E-state index in [-0.39, 0.29) is 11.9 Å². The lowest BCUT2D eigenvalue weighted by Crippen LogP contribution is -2.39. The molecule has 0 amide bonds. The maximum Gasteiger partial charge on any atom is 0.126 e. The van der Waals surface area contributed by atoms with E-state index in [2.05, 4.69) is 28.5 Å². The molecule has 0 saturated carbocycles. The molecule has 2 aliphatic rings. The first kappa shape index (κ1) is 20.6. The van der Waals surface area contributed by atoms with Crippen LogP contribution in [0.25, 0.3) is 6.08 Å². The van der Waals surface area contributed by atoms with Gasteiger partial charge in [-0.15, -0.1) is 0 Å². The lowest BCUT2D eigenvalue weighted by molar-refractivity contribution is -0.00658. The van der Waals surface area contributed by atoms with E-state index in [0.717, 1.165) is 12.0 Å². The molecule has 1 fully saturated rings. The summed E-state index contributed by atoms with van der Waals surface area (Å²) in [6.07, 6.45) is 6.26. The SMILES string of the molecule is C1=Cc2cnccc2C1.CNC(c1ccc(F)c(C)c1)C1OC(C)C(O)C1O. The Morgan fingerprint density at radius 3 is 2.64 bits per heavy atom. The van der Waals surface area contributed by atoms with Gasteiger partial charge in [-0.25, -0.2) is 4.39 Å². The third-order valence-corrected chi connectivity index (χ3v) is 5.30. The molecule has 1 aliphatic heterocycles. The number of hydrogen-bond acceptors (Lipinski definition) is 5. The third-order valence-electron chi connectivity index (χ3n) is 5.30. The lowest BCUT2D eigenvalue weighted by Gasteiger charge is -2.26.